The molecule has 0 bridgehead atoms. The number of guanidine groups is 1. The van der Waals surface area contributed by atoms with Gasteiger partial charge in [-0.05, 0) is 6.07 Å². The van der Waals surface area contributed by atoms with Crippen molar-refractivity contribution in [3.8, 4) is 0 Å². The van der Waals surface area contributed by atoms with Crippen LogP contribution in [0.3, 0.4) is 0 Å². The van der Waals surface area contributed by atoms with E-state index in [1.54, 1.807) is 6.20 Å². The van der Waals surface area contributed by atoms with Gasteiger partial charge in [0.1, 0.15) is 0 Å². The average Bonchev–Trinajstić information content (AvgIpc) is 2.61. The second kappa shape index (κ2) is 3.38. The Morgan fingerprint density at radius 2 is 2.54 bits per heavy atom. The first-order valence-electron chi connectivity index (χ1n) is 4.17. The lowest BCUT2D eigenvalue weighted by Crippen LogP contribution is -2.26. The third-order valence-electron chi connectivity index (χ3n) is 1.76. The molecule has 1 aliphatic rings. The molecule has 5 nitrogen and oxygen atoms in total. The lowest BCUT2D eigenvalue weighted by molar-refractivity contribution is 0.782. The Labute approximate surface area is 75.9 Å². The Bertz CT molecular complexity index is 390. The SMILES string of the molecule is Cn1cccn/c1=N\C1=NCCN1. The van der Waals surface area contributed by atoms with Crippen LogP contribution in [0.4, 0.5) is 0 Å². The van der Waals surface area contributed by atoms with Crippen molar-refractivity contribution in [3.05, 3.63) is 24.1 Å². The minimum absolute atomic E-state index is 0.663. The fourth-order valence-corrected chi connectivity index (χ4v) is 1.10. The molecule has 0 saturated heterocycles. The first-order chi connectivity index (χ1) is 6.36. The summed E-state index contributed by atoms with van der Waals surface area (Å²) in [6, 6.07) is 1.86. The van der Waals surface area contributed by atoms with Gasteiger partial charge in [-0.15, -0.1) is 0 Å². The third-order valence-corrected chi connectivity index (χ3v) is 1.76. The topological polar surface area (TPSA) is 54.6 Å². The van der Waals surface area contributed by atoms with Crippen LogP contribution < -0.4 is 10.9 Å². The van der Waals surface area contributed by atoms with Crippen LogP contribution in [0.5, 0.6) is 0 Å². The monoisotopic (exact) mass is 177 g/mol. The van der Waals surface area contributed by atoms with E-state index < -0.39 is 0 Å². The maximum atomic E-state index is 4.25. The van der Waals surface area contributed by atoms with Crippen LogP contribution in [0.25, 0.3) is 0 Å². The zero-order chi connectivity index (χ0) is 9.10. The van der Waals surface area contributed by atoms with Gasteiger partial charge in [-0.25, -0.2) is 9.98 Å². The number of hydrogen-bond acceptors (Lipinski definition) is 4. The molecule has 0 spiro atoms. The third kappa shape index (κ3) is 1.74. The van der Waals surface area contributed by atoms with Crippen molar-refractivity contribution >= 4 is 5.96 Å². The number of aliphatic imine (C=N–C) groups is 1. The molecule has 1 aromatic heterocycles. The molecule has 0 amide bonds. The van der Waals surface area contributed by atoms with Crippen molar-refractivity contribution in [2.75, 3.05) is 13.1 Å². The fraction of sp³-hybridized carbons (Fsp3) is 0.375. The molecule has 13 heavy (non-hydrogen) atoms. The highest BCUT2D eigenvalue weighted by molar-refractivity contribution is 5.81. The van der Waals surface area contributed by atoms with E-state index in [9.17, 15) is 0 Å². The standard InChI is InChI=1S/C8H11N5/c1-13-6-2-3-11-8(13)12-7-9-4-5-10-7/h2-3,6H,4-5H2,1H3,(H,9,10)/b12-8+. The van der Waals surface area contributed by atoms with Crippen molar-refractivity contribution in [1.29, 1.82) is 0 Å². The quantitative estimate of drug-likeness (QED) is 0.568. The number of rotatable bonds is 0. The second-order valence-corrected chi connectivity index (χ2v) is 2.77. The highest BCUT2D eigenvalue weighted by atomic mass is 15.2. The zero-order valence-electron chi connectivity index (χ0n) is 7.44. The second-order valence-electron chi connectivity index (χ2n) is 2.77. The van der Waals surface area contributed by atoms with Crippen molar-refractivity contribution < 1.29 is 0 Å². The molecule has 0 radical (unpaired) electrons. The number of nitrogens with zero attached hydrogens (tertiary/aromatic N) is 4. The largest absolute Gasteiger partial charge is 0.353 e. The molecule has 5 heteroatoms. The van der Waals surface area contributed by atoms with Crippen LogP contribution in [0.15, 0.2) is 28.4 Å². The van der Waals surface area contributed by atoms with E-state index in [4.69, 9.17) is 0 Å². The minimum atomic E-state index is 0.663. The molecule has 0 aliphatic carbocycles. The maximum absolute atomic E-state index is 4.25. The summed E-state index contributed by atoms with van der Waals surface area (Å²) in [7, 11) is 1.90. The maximum Gasteiger partial charge on any atom is 0.232 e. The van der Waals surface area contributed by atoms with Crippen molar-refractivity contribution in [3.63, 3.8) is 0 Å². The van der Waals surface area contributed by atoms with E-state index >= 15 is 0 Å². The van der Waals surface area contributed by atoms with Crippen LogP contribution in [-0.2, 0) is 7.05 Å². The molecule has 1 aliphatic heterocycles. The molecule has 2 heterocycles. The Balaban J connectivity index is 2.39. The Morgan fingerprint density at radius 1 is 1.62 bits per heavy atom. The predicted molar refractivity (Wildman–Crippen MR) is 49.1 cm³/mol. The van der Waals surface area contributed by atoms with Crippen LogP contribution in [0.2, 0.25) is 0 Å². The lowest BCUT2D eigenvalue weighted by atomic mass is 10.7. The van der Waals surface area contributed by atoms with Gasteiger partial charge in [0.2, 0.25) is 11.6 Å². The summed E-state index contributed by atoms with van der Waals surface area (Å²) in [4.78, 5) is 12.5. The van der Waals surface area contributed by atoms with Crippen LogP contribution >= 0.6 is 0 Å². The molecule has 0 atom stereocenters. The molecule has 0 aromatic carbocycles. The molecular weight excluding hydrogens is 166 g/mol. The first kappa shape index (κ1) is 7.97. The van der Waals surface area contributed by atoms with E-state index in [1.165, 1.54) is 0 Å². The Morgan fingerprint density at radius 3 is 3.23 bits per heavy atom. The summed E-state index contributed by atoms with van der Waals surface area (Å²) in [6.45, 7) is 1.67. The summed E-state index contributed by atoms with van der Waals surface area (Å²) >= 11 is 0. The Kier molecular flexibility index (Phi) is 2.08. The minimum Gasteiger partial charge on any atom is -0.353 e. The number of hydrogen-bond donors (Lipinski definition) is 1. The van der Waals surface area contributed by atoms with Gasteiger partial charge in [0.05, 0.1) is 6.54 Å². The van der Waals surface area contributed by atoms with Gasteiger partial charge in [0.15, 0.2) is 0 Å². The van der Waals surface area contributed by atoms with Gasteiger partial charge >= 0.3 is 0 Å². The molecule has 2 rings (SSSR count). The van der Waals surface area contributed by atoms with Crippen LogP contribution in [0, 0.1) is 0 Å². The van der Waals surface area contributed by atoms with E-state index in [2.05, 4.69) is 20.3 Å². The summed E-state index contributed by atoms with van der Waals surface area (Å²) in [5.41, 5.74) is 0.663. The van der Waals surface area contributed by atoms with Crippen LogP contribution in [0.1, 0.15) is 0 Å². The van der Waals surface area contributed by atoms with E-state index in [0.29, 0.717) is 11.6 Å². The van der Waals surface area contributed by atoms with Gasteiger partial charge in [-0.3, -0.25) is 0 Å². The summed E-state index contributed by atoms with van der Waals surface area (Å²) in [5.74, 6) is 0.675. The predicted octanol–water partition coefficient (Wildman–Crippen LogP) is -0.720. The summed E-state index contributed by atoms with van der Waals surface area (Å²) < 4.78 is 1.85. The number of nitrogens with one attached hydrogen (secondary N) is 1. The van der Waals surface area contributed by atoms with Gasteiger partial charge in [-0.2, -0.15) is 4.99 Å². The first-order valence-corrected chi connectivity index (χ1v) is 4.17. The molecule has 0 saturated carbocycles. The summed E-state index contributed by atoms with van der Waals surface area (Å²) in [5, 5.41) is 3.06. The van der Waals surface area contributed by atoms with E-state index in [0.717, 1.165) is 13.1 Å². The molecule has 1 N–H and O–H groups in total. The smallest absolute Gasteiger partial charge is 0.232 e. The number of aryl methyl sites for hydroxylation is 1. The van der Waals surface area contributed by atoms with Gasteiger partial charge in [0.25, 0.3) is 0 Å². The molecule has 0 fully saturated rings. The fourth-order valence-electron chi connectivity index (χ4n) is 1.10. The molecule has 68 valence electrons. The van der Waals surface area contributed by atoms with Gasteiger partial charge < -0.3 is 9.88 Å². The zero-order valence-corrected chi connectivity index (χ0v) is 7.44. The number of aromatic nitrogens is 2. The van der Waals surface area contributed by atoms with Gasteiger partial charge in [0, 0.05) is 26.0 Å². The highest BCUT2D eigenvalue weighted by Gasteiger charge is 2.01. The van der Waals surface area contributed by atoms with Gasteiger partial charge in [-0.1, -0.05) is 0 Å². The van der Waals surface area contributed by atoms with E-state index in [1.807, 2.05) is 23.9 Å². The van der Waals surface area contributed by atoms with E-state index in [-0.39, 0.29) is 0 Å². The normalized spacial score (nSPS) is 17.0. The molecular formula is C8H11N5. The average molecular weight is 177 g/mol. The van der Waals surface area contributed by atoms with Crippen molar-refractivity contribution in [1.82, 2.24) is 14.9 Å². The van der Waals surface area contributed by atoms with Crippen molar-refractivity contribution in [2.24, 2.45) is 17.0 Å². The van der Waals surface area contributed by atoms with Crippen molar-refractivity contribution in [2.45, 2.75) is 0 Å². The molecule has 1 aromatic rings. The highest BCUT2D eigenvalue weighted by Crippen LogP contribution is 1.84. The lowest BCUT2D eigenvalue weighted by Gasteiger charge is -1.97. The molecule has 0 unspecified atom stereocenters. The summed E-state index contributed by atoms with van der Waals surface area (Å²) in [6.07, 6.45) is 3.62. The van der Waals surface area contributed by atoms with Crippen LogP contribution in [-0.4, -0.2) is 28.6 Å². The Hall–Kier alpha value is -1.65.